The monoisotopic (exact) mass is 681 g/mol. The molecule has 9 nitrogen and oxygen atoms in total. The topological polar surface area (TPSA) is 110 Å². The average Bonchev–Trinajstić information content (AvgIpc) is 3.38. The van der Waals surface area contributed by atoms with Crippen molar-refractivity contribution < 1.29 is 23.8 Å². The first-order valence-corrected chi connectivity index (χ1v) is 14.1. The smallest absolute Gasteiger partial charge is 0.255 e. The van der Waals surface area contributed by atoms with Gasteiger partial charge in [0.05, 0.1) is 31.1 Å². The molecule has 1 amide bonds. The summed E-state index contributed by atoms with van der Waals surface area (Å²) in [5, 5.41) is 21.1. The zero-order chi connectivity index (χ0) is 30.0. The van der Waals surface area contributed by atoms with Gasteiger partial charge in [0, 0.05) is 21.9 Å². The number of ether oxygens (including phenoxy) is 2. The van der Waals surface area contributed by atoms with E-state index in [9.17, 15) is 14.3 Å². The summed E-state index contributed by atoms with van der Waals surface area (Å²) in [4.78, 5) is 17.4. The minimum absolute atomic E-state index is 0.262. The molecule has 0 aliphatic carbocycles. The van der Waals surface area contributed by atoms with Gasteiger partial charge in [-0.3, -0.25) is 4.79 Å². The Balaban J connectivity index is 1.37. The molecule has 0 saturated heterocycles. The van der Waals surface area contributed by atoms with Crippen LogP contribution in [0, 0.1) is 9.39 Å². The molecule has 0 fully saturated rings. The largest absolute Gasteiger partial charge is 0.496 e. The number of aliphatic hydroxyl groups is 1. The normalized spacial score (nSPS) is 11.4. The summed E-state index contributed by atoms with van der Waals surface area (Å²) >= 11 is 2.19. The number of hydrogen-bond acceptors (Lipinski definition) is 7. The van der Waals surface area contributed by atoms with Crippen LogP contribution in [0.1, 0.15) is 35.3 Å². The molecular weight excluding hydrogens is 652 g/mol. The number of halogens is 2. The van der Waals surface area contributed by atoms with Gasteiger partial charge in [0.1, 0.15) is 17.3 Å². The minimum Gasteiger partial charge on any atom is -0.496 e. The molecule has 11 heteroatoms. The zero-order valence-corrected chi connectivity index (χ0v) is 25.6. The molecule has 0 aliphatic heterocycles. The zero-order valence-electron chi connectivity index (χ0n) is 23.4. The Morgan fingerprint density at radius 3 is 2.40 bits per heavy atom. The van der Waals surface area contributed by atoms with E-state index in [1.54, 1.807) is 55.8 Å². The van der Waals surface area contributed by atoms with E-state index in [0.29, 0.717) is 34.3 Å². The van der Waals surface area contributed by atoms with Gasteiger partial charge >= 0.3 is 0 Å². The second kappa shape index (κ2) is 11.9. The Morgan fingerprint density at radius 1 is 1.00 bits per heavy atom. The lowest BCUT2D eigenvalue weighted by Gasteiger charge is -2.21. The average molecular weight is 682 g/mol. The molecule has 0 aliphatic rings. The molecule has 0 unspecified atom stereocenters. The van der Waals surface area contributed by atoms with Gasteiger partial charge in [-0.2, -0.15) is 4.98 Å². The molecule has 0 spiro atoms. The van der Waals surface area contributed by atoms with Gasteiger partial charge in [-0.05, 0) is 102 Å². The van der Waals surface area contributed by atoms with Crippen LogP contribution in [0.25, 0.3) is 16.8 Å². The molecule has 0 radical (unpaired) electrons. The van der Waals surface area contributed by atoms with Crippen molar-refractivity contribution in [1.29, 1.82) is 0 Å². The van der Waals surface area contributed by atoms with Crippen LogP contribution in [-0.2, 0) is 12.1 Å². The highest BCUT2D eigenvalue weighted by Gasteiger charge is 2.21. The predicted molar refractivity (Wildman–Crippen MR) is 167 cm³/mol. The van der Waals surface area contributed by atoms with E-state index in [2.05, 4.69) is 43.3 Å². The van der Waals surface area contributed by atoms with E-state index >= 15 is 0 Å². The number of pyridine rings is 1. The molecule has 216 valence electrons. The number of fused-ring (bicyclic) bond motifs is 1. The number of methoxy groups -OCH3 is 2. The molecule has 42 heavy (non-hydrogen) atoms. The molecule has 5 aromatic rings. The molecule has 5 rings (SSSR count). The standard InChI is InChI=1S/C31H29FIN5O4/c1-31(2,40)21-14-24(33)28(26(15-21)42-4)36-30-35-27-12-8-20(17-38(27)37-30)19-7-11-23(25(13-19)41-3)29(39)34-16-18-5-9-22(32)10-6-18/h5-15,17,40H,16H2,1-4H3,(H,34,39)(H,36,37). The Labute approximate surface area is 255 Å². The highest BCUT2D eigenvalue weighted by molar-refractivity contribution is 14.1. The summed E-state index contributed by atoms with van der Waals surface area (Å²) in [6.07, 6.45) is 1.84. The van der Waals surface area contributed by atoms with E-state index in [-0.39, 0.29) is 18.3 Å². The second-order valence-corrected chi connectivity index (χ2v) is 11.3. The highest BCUT2D eigenvalue weighted by atomic mass is 127. The molecule has 2 aromatic heterocycles. The summed E-state index contributed by atoms with van der Waals surface area (Å²) in [5.74, 6) is 0.733. The first-order chi connectivity index (χ1) is 20.0. The van der Waals surface area contributed by atoms with E-state index in [1.165, 1.54) is 19.2 Å². The fourth-order valence-corrected chi connectivity index (χ4v) is 5.11. The van der Waals surface area contributed by atoms with Gasteiger partial charge in [0.15, 0.2) is 5.65 Å². The number of hydrogen-bond donors (Lipinski definition) is 3. The van der Waals surface area contributed by atoms with Crippen LogP contribution >= 0.6 is 22.6 Å². The number of aromatic nitrogens is 3. The molecule has 0 saturated carbocycles. The highest BCUT2D eigenvalue weighted by Crippen LogP contribution is 2.36. The maximum absolute atomic E-state index is 13.2. The maximum atomic E-state index is 13.2. The van der Waals surface area contributed by atoms with Gasteiger partial charge in [0.25, 0.3) is 5.91 Å². The van der Waals surface area contributed by atoms with E-state index in [1.807, 2.05) is 30.5 Å². The predicted octanol–water partition coefficient (Wildman–Crippen LogP) is 6.06. The first kappa shape index (κ1) is 29.3. The molecule has 2 heterocycles. The van der Waals surface area contributed by atoms with Crippen molar-refractivity contribution in [3.05, 3.63) is 99.0 Å². The lowest BCUT2D eigenvalue weighted by atomic mass is 9.98. The van der Waals surface area contributed by atoms with Crippen molar-refractivity contribution in [1.82, 2.24) is 19.9 Å². The summed E-state index contributed by atoms with van der Waals surface area (Å²) in [6.45, 7) is 3.71. The first-order valence-electron chi connectivity index (χ1n) is 13.0. The van der Waals surface area contributed by atoms with Crippen LogP contribution in [0.2, 0.25) is 0 Å². The number of nitrogens with one attached hydrogen (secondary N) is 2. The molecule has 3 aromatic carbocycles. The number of amides is 1. The summed E-state index contributed by atoms with van der Waals surface area (Å²) in [5.41, 5.74) is 3.88. The van der Waals surface area contributed by atoms with Crippen LogP contribution in [0.4, 0.5) is 16.0 Å². The number of carbonyl (C=O) groups excluding carboxylic acids is 1. The van der Waals surface area contributed by atoms with Crippen LogP contribution < -0.4 is 20.1 Å². The number of rotatable bonds is 9. The van der Waals surface area contributed by atoms with Crippen molar-refractivity contribution in [3.8, 4) is 22.6 Å². The van der Waals surface area contributed by atoms with Gasteiger partial charge in [-0.1, -0.05) is 18.2 Å². The van der Waals surface area contributed by atoms with Gasteiger partial charge in [-0.15, -0.1) is 5.10 Å². The minimum atomic E-state index is -1.02. The Kier molecular flexibility index (Phi) is 8.32. The van der Waals surface area contributed by atoms with Crippen molar-refractivity contribution in [2.75, 3.05) is 19.5 Å². The lowest BCUT2D eigenvalue weighted by Crippen LogP contribution is -2.23. The summed E-state index contributed by atoms with van der Waals surface area (Å²) in [6, 6.07) is 18.7. The van der Waals surface area contributed by atoms with Crippen LogP contribution in [0.15, 0.2) is 72.9 Å². The molecular formula is C31H29FIN5O4. The van der Waals surface area contributed by atoms with Crippen LogP contribution in [0.3, 0.4) is 0 Å². The van der Waals surface area contributed by atoms with Crippen LogP contribution in [0.5, 0.6) is 11.5 Å². The fraction of sp³-hybridized carbons (Fsp3) is 0.194. The molecule has 0 atom stereocenters. The van der Waals surface area contributed by atoms with Crippen molar-refractivity contribution in [2.45, 2.75) is 26.0 Å². The Hall–Kier alpha value is -4.23. The summed E-state index contributed by atoms with van der Waals surface area (Å²) < 4.78 is 26.8. The Morgan fingerprint density at radius 2 is 1.71 bits per heavy atom. The summed E-state index contributed by atoms with van der Waals surface area (Å²) in [7, 11) is 3.08. The third-order valence-electron chi connectivity index (χ3n) is 6.69. The second-order valence-electron chi connectivity index (χ2n) is 10.1. The van der Waals surface area contributed by atoms with Crippen molar-refractivity contribution in [3.63, 3.8) is 0 Å². The quantitative estimate of drug-likeness (QED) is 0.162. The third kappa shape index (κ3) is 6.31. The molecule has 3 N–H and O–H groups in total. The SMILES string of the molecule is COc1cc(-c2ccc3nc(Nc4c(I)cc(C(C)(C)O)cc4OC)nn3c2)ccc1C(=O)NCc1ccc(F)cc1. The number of anilines is 2. The fourth-order valence-electron chi connectivity index (χ4n) is 4.37. The maximum Gasteiger partial charge on any atom is 0.255 e. The number of nitrogens with zero attached hydrogens (tertiary/aromatic N) is 3. The number of carbonyl (C=O) groups is 1. The van der Waals surface area contributed by atoms with Crippen molar-refractivity contribution in [2.24, 2.45) is 0 Å². The number of benzene rings is 3. The van der Waals surface area contributed by atoms with Gasteiger partial charge < -0.3 is 25.2 Å². The lowest BCUT2D eigenvalue weighted by molar-refractivity contribution is 0.0782. The van der Waals surface area contributed by atoms with E-state index in [4.69, 9.17) is 9.47 Å². The van der Waals surface area contributed by atoms with Gasteiger partial charge in [-0.25, -0.2) is 8.91 Å². The molecule has 0 bridgehead atoms. The third-order valence-corrected chi connectivity index (χ3v) is 7.54. The van der Waals surface area contributed by atoms with Crippen LogP contribution in [-0.4, -0.2) is 39.8 Å². The van der Waals surface area contributed by atoms with E-state index < -0.39 is 5.60 Å². The van der Waals surface area contributed by atoms with E-state index in [0.717, 1.165) is 25.8 Å². The van der Waals surface area contributed by atoms with Crippen molar-refractivity contribution >= 4 is 45.8 Å². The van der Waals surface area contributed by atoms with Gasteiger partial charge in [0.2, 0.25) is 5.95 Å². The Bertz CT molecular complexity index is 1770.